The minimum atomic E-state index is -0.379. The lowest BCUT2D eigenvalue weighted by Gasteiger charge is -2.17. The standard InChI is InChI=1S/C13H11ClFN3OS/c1-6-10-12(11-7(14)3-2-4-8(11)15)20-5-9(19)16-13(10)18-17-6/h2-4,12H,5H2,1H3,(H2,16,17,18,19)/t12-/m0/s1. The zero-order chi connectivity index (χ0) is 14.3. The molecule has 4 nitrogen and oxygen atoms in total. The van der Waals surface area contributed by atoms with Crippen LogP contribution in [0.4, 0.5) is 10.2 Å². The molecule has 0 saturated heterocycles. The summed E-state index contributed by atoms with van der Waals surface area (Å²) in [7, 11) is 0. The number of nitrogens with zero attached hydrogens (tertiary/aromatic N) is 1. The Morgan fingerprint density at radius 2 is 2.25 bits per heavy atom. The van der Waals surface area contributed by atoms with Crippen molar-refractivity contribution in [3.8, 4) is 0 Å². The van der Waals surface area contributed by atoms with Crippen LogP contribution in [0.2, 0.25) is 5.02 Å². The molecule has 1 aliphatic heterocycles. The molecule has 1 amide bonds. The molecule has 1 aliphatic rings. The van der Waals surface area contributed by atoms with Crippen LogP contribution in [0.3, 0.4) is 0 Å². The first kappa shape index (κ1) is 13.5. The van der Waals surface area contributed by atoms with Gasteiger partial charge in [0.2, 0.25) is 5.91 Å². The highest BCUT2D eigenvalue weighted by Gasteiger charge is 2.31. The van der Waals surface area contributed by atoms with Crippen molar-refractivity contribution in [3.63, 3.8) is 0 Å². The van der Waals surface area contributed by atoms with Gasteiger partial charge in [-0.25, -0.2) is 4.39 Å². The van der Waals surface area contributed by atoms with Crippen molar-refractivity contribution < 1.29 is 9.18 Å². The predicted molar refractivity (Wildman–Crippen MR) is 77.7 cm³/mol. The molecule has 1 atom stereocenters. The maximum Gasteiger partial charge on any atom is 0.235 e. The second-order valence-electron chi connectivity index (χ2n) is 4.49. The SMILES string of the molecule is Cc1[nH]nc2c1[C@@H](c1c(F)cccc1Cl)SCC(=O)N2. The molecule has 0 radical (unpaired) electrons. The van der Waals surface area contributed by atoms with Crippen molar-refractivity contribution in [2.75, 3.05) is 11.1 Å². The van der Waals surface area contributed by atoms with Crippen molar-refractivity contribution >= 4 is 35.1 Å². The average Bonchev–Trinajstić information content (AvgIpc) is 2.65. The highest BCUT2D eigenvalue weighted by atomic mass is 35.5. The van der Waals surface area contributed by atoms with E-state index in [4.69, 9.17) is 11.6 Å². The molecule has 20 heavy (non-hydrogen) atoms. The first-order valence-corrected chi connectivity index (χ1v) is 7.41. The van der Waals surface area contributed by atoms with E-state index in [1.165, 1.54) is 17.8 Å². The fourth-order valence-electron chi connectivity index (χ4n) is 2.25. The molecule has 2 aromatic rings. The van der Waals surface area contributed by atoms with Crippen LogP contribution in [0.5, 0.6) is 0 Å². The number of carbonyl (C=O) groups excluding carboxylic acids is 1. The molecule has 7 heteroatoms. The fraction of sp³-hybridized carbons (Fsp3) is 0.231. The van der Waals surface area contributed by atoms with Gasteiger partial charge < -0.3 is 5.32 Å². The number of halogens is 2. The Balaban J connectivity index is 2.18. The van der Waals surface area contributed by atoms with Crippen LogP contribution in [0.15, 0.2) is 18.2 Å². The summed E-state index contributed by atoms with van der Waals surface area (Å²) in [4.78, 5) is 11.7. The second-order valence-corrected chi connectivity index (χ2v) is 5.99. The summed E-state index contributed by atoms with van der Waals surface area (Å²) in [6.45, 7) is 1.84. The largest absolute Gasteiger partial charge is 0.308 e. The van der Waals surface area contributed by atoms with Crippen LogP contribution < -0.4 is 5.32 Å². The number of aromatic nitrogens is 2. The molecule has 2 N–H and O–H groups in total. The molecule has 0 saturated carbocycles. The van der Waals surface area contributed by atoms with E-state index in [0.29, 0.717) is 16.4 Å². The number of amides is 1. The van der Waals surface area contributed by atoms with Gasteiger partial charge in [-0.15, -0.1) is 11.8 Å². The minimum Gasteiger partial charge on any atom is -0.308 e. The maximum absolute atomic E-state index is 14.2. The molecule has 1 aromatic heterocycles. The number of fused-ring (bicyclic) bond motifs is 1. The second kappa shape index (κ2) is 5.10. The van der Waals surface area contributed by atoms with Gasteiger partial charge in [0.05, 0.1) is 11.0 Å². The first-order valence-electron chi connectivity index (χ1n) is 5.98. The van der Waals surface area contributed by atoms with Gasteiger partial charge in [0.1, 0.15) is 5.82 Å². The van der Waals surface area contributed by atoms with E-state index in [-0.39, 0.29) is 22.7 Å². The fourth-order valence-corrected chi connectivity index (χ4v) is 3.84. The monoisotopic (exact) mass is 311 g/mol. The van der Waals surface area contributed by atoms with E-state index < -0.39 is 0 Å². The number of hydrogen-bond acceptors (Lipinski definition) is 3. The molecule has 0 fully saturated rings. The van der Waals surface area contributed by atoms with Crippen molar-refractivity contribution in [3.05, 3.63) is 45.9 Å². The number of hydrogen-bond donors (Lipinski definition) is 2. The van der Waals surface area contributed by atoms with Crippen LogP contribution >= 0.6 is 23.4 Å². The zero-order valence-corrected chi connectivity index (χ0v) is 12.1. The molecule has 0 aliphatic carbocycles. The van der Waals surface area contributed by atoms with Gasteiger partial charge in [0.25, 0.3) is 0 Å². The summed E-state index contributed by atoms with van der Waals surface area (Å²) < 4.78 is 14.2. The Hall–Kier alpha value is -1.53. The Morgan fingerprint density at radius 1 is 1.45 bits per heavy atom. The summed E-state index contributed by atoms with van der Waals surface area (Å²) in [6, 6.07) is 4.59. The van der Waals surface area contributed by atoms with Crippen LogP contribution in [0, 0.1) is 12.7 Å². The molecule has 1 aromatic carbocycles. The topological polar surface area (TPSA) is 57.8 Å². The van der Waals surface area contributed by atoms with Gasteiger partial charge in [-0.05, 0) is 19.1 Å². The molecule has 2 heterocycles. The average molecular weight is 312 g/mol. The third-order valence-electron chi connectivity index (χ3n) is 3.16. The number of aryl methyl sites for hydroxylation is 1. The van der Waals surface area contributed by atoms with Crippen LogP contribution in [-0.2, 0) is 4.79 Å². The molecule has 3 rings (SSSR count). The number of nitrogens with one attached hydrogen (secondary N) is 2. The zero-order valence-electron chi connectivity index (χ0n) is 10.5. The quantitative estimate of drug-likeness (QED) is 0.849. The van der Waals surface area contributed by atoms with Crippen molar-refractivity contribution in [2.24, 2.45) is 0 Å². The number of aromatic amines is 1. The normalized spacial score (nSPS) is 18.4. The number of rotatable bonds is 1. The van der Waals surface area contributed by atoms with Crippen LogP contribution in [0.1, 0.15) is 22.1 Å². The van der Waals surface area contributed by atoms with Gasteiger partial charge in [-0.3, -0.25) is 9.89 Å². The number of anilines is 1. The predicted octanol–water partition coefficient (Wildman–Crippen LogP) is 3.29. The lowest BCUT2D eigenvalue weighted by molar-refractivity contribution is -0.113. The number of H-pyrrole nitrogens is 1. The van der Waals surface area contributed by atoms with E-state index in [1.807, 2.05) is 6.92 Å². The van der Waals surface area contributed by atoms with E-state index in [2.05, 4.69) is 15.5 Å². The molecule has 0 unspecified atom stereocenters. The van der Waals surface area contributed by atoms with Gasteiger partial charge in [0.15, 0.2) is 5.82 Å². The third kappa shape index (κ3) is 2.19. The van der Waals surface area contributed by atoms with E-state index in [9.17, 15) is 9.18 Å². The summed E-state index contributed by atoms with van der Waals surface area (Å²) >= 11 is 7.49. The highest BCUT2D eigenvalue weighted by Crippen LogP contribution is 2.45. The lowest BCUT2D eigenvalue weighted by Crippen LogP contribution is -2.12. The smallest absolute Gasteiger partial charge is 0.235 e. The summed E-state index contributed by atoms with van der Waals surface area (Å²) in [6.07, 6.45) is 0. The van der Waals surface area contributed by atoms with Crippen molar-refractivity contribution in [2.45, 2.75) is 12.2 Å². The van der Waals surface area contributed by atoms with Crippen LogP contribution in [-0.4, -0.2) is 21.9 Å². The third-order valence-corrected chi connectivity index (χ3v) is 4.72. The van der Waals surface area contributed by atoms with Crippen molar-refractivity contribution in [1.29, 1.82) is 0 Å². The minimum absolute atomic E-state index is 0.155. The Bertz CT molecular complexity index is 668. The molecule has 0 spiro atoms. The van der Waals surface area contributed by atoms with Crippen LogP contribution in [0.25, 0.3) is 0 Å². The summed E-state index contributed by atoms with van der Waals surface area (Å²) in [5.74, 6) is 0.140. The molecular formula is C13H11ClFN3OS. The van der Waals surface area contributed by atoms with E-state index in [0.717, 1.165) is 11.3 Å². The Morgan fingerprint density at radius 3 is 3.00 bits per heavy atom. The first-order chi connectivity index (χ1) is 9.58. The van der Waals surface area contributed by atoms with E-state index >= 15 is 0 Å². The summed E-state index contributed by atoms with van der Waals surface area (Å²) in [5, 5.41) is 9.59. The van der Waals surface area contributed by atoms with E-state index in [1.54, 1.807) is 12.1 Å². The van der Waals surface area contributed by atoms with Gasteiger partial charge in [-0.1, -0.05) is 17.7 Å². The molecular weight excluding hydrogens is 301 g/mol. The Labute approximate surface area is 124 Å². The number of thioether (sulfide) groups is 1. The highest BCUT2D eigenvalue weighted by molar-refractivity contribution is 8.00. The number of benzene rings is 1. The van der Waals surface area contributed by atoms with Gasteiger partial charge in [0, 0.05) is 21.8 Å². The van der Waals surface area contributed by atoms with Crippen molar-refractivity contribution in [1.82, 2.24) is 10.2 Å². The van der Waals surface area contributed by atoms with Gasteiger partial charge in [-0.2, -0.15) is 5.10 Å². The lowest BCUT2D eigenvalue weighted by atomic mass is 10.0. The summed E-state index contributed by atoms with van der Waals surface area (Å²) in [5.41, 5.74) is 1.95. The molecule has 104 valence electrons. The maximum atomic E-state index is 14.2. The Kier molecular flexibility index (Phi) is 3.43. The molecule has 0 bridgehead atoms. The van der Waals surface area contributed by atoms with Gasteiger partial charge >= 0.3 is 0 Å². The number of carbonyl (C=O) groups is 1.